The zero-order valence-corrected chi connectivity index (χ0v) is 10.7. The molecular formula is C10H24N5O2+3. The van der Waals surface area contributed by atoms with Crippen LogP contribution in [0, 0.1) is 0 Å². The average molecular weight is 246 g/mol. The number of hydrogen-bond donors (Lipinski definition) is 3. The lowest BCUT2D eigenvalue weighted by Gasteiger charge is -2.44. The standard InChI is InChI=1S/C10H21N5O2/c1-14(7-9(11)16)3-5-15(2,6-4-14)8-10(17)13-12/h3-8,12H2,1-2H3,(H-2,11,13,16,17)/p+3. The van der Waals surface area contributed by atoms with Gasteiger partial charge in [-0.3, -0.25) is 16.0 Å². The van der Waals surface area contributed by atoms with Crippen molar-refractivity contribution in [3.63, 3.8) is 0 Å². The van der Waals surface area contributed by atoms with E-state index in [1.54, 1.807) is 0 Å². The van der Waals surface area contributed by atoms with Crippen LogP contribution in [0.5, 0.6) is 0 Å². The minimum absolute atomic E-state index is 0.0247. The number of carbonyl (C=O) groups excluding carboxylic acids is 2. The quantitative estimate of drug-likeness (QED) is 0.209. The van der Waals surface area contributed by atoms with Gasteiger partial charge >= 0.3 is 5.91 Å². The first kappa shape index (κ1) is 14.0. The van der Waals surface area contributed by atoms with Crippen molar-refractivity contribution in [3.8, 4) is 0 Å². The largest absolute Gasteiger partial charge is 0.363 e. The highest BCUT2D eigenvalue weighted by Crippen LogP contribution is 2.14. The van der Waals surface area contributed by atoms with Gasteiger partial charge in [-0.1, -0.05) is 0 Å². The molecule has 1 rings (SSSR count). The molecule has 7 heteroatoms. The van der Waals surface area contributed by atoms with Gasteiger partial charge in [0.2, 0.25) is 0 Å². The topological polar surface area (TPSA) is 99.8 Å². The van der Waals surface area contributed by atoms with E-state index >= 15 is 0 Å². The first-order valence-electron chi connectivity index (χ1n) is 5.80. The molecule has 0 bridgehead atoms. The summed E-state index contributed by atoms with van der Waals surface area (Å²) in [7, 11) is 4.11. The first-order chi connectivity index (χ1) is 7.79. The second-order valence-corrected chi connectivity index (χ2v) is 5.56. The SMILES string of the molecule is C[N+]1(CC([NH3+])=O)CC[N+](C)(CC(=O)NN)CC1. The van der Waals surface area contributed by atoms with Crippen molar-refractivity contribution in [1.29, 1.82) is 0 Å². The third kappa shape index (κ3) is 4.04. The summed E-state index contributed by atoms with van der Waals surface area (Å²) in [5, 5.41) is 0. The van der Waals surface area contributed by atoms with Crippen molar-refractivity contribution < 1.29 is 24.3 Å². The van der Waals surface area contributed by atoms with Crippen LogP contribution >= 0.6 is 0 Å². The van der Waals surface area contributed by atoms with Gasteiger partial charge in [0, 0.05) is 0 Å². The second kappa shape index (κ2) is 5.09. The summed E-state index contributed by atoms with van der Waals surface area (Å²) in [5.41, 5.74) is 5.60. The van der Waals surface area contributed by atoms with Crippen molar-refractivity contribution in [2.24, 2.45) is 5.84 Å². The van der Waals surface area contributed by atoms with Crippen molar-refractivity contribution in [2.75, 3.05) is 53.4 Å². The van der Waals surface area contributed by atoms with Crippen LogP contribution in [0.25, 0.3) is 0 Å². The summed E-state index contributed by atoms with van der Waals surface area (Å²) in [5.74, 6) is 4.93. The highest BCUT2D eigenvalue weighted by atomic mass is 16.2. The van der Waals surface area contributed by atoms with E-state index in [4.69, 9.17) is 5.84 Å². The van der Waals surface area contributed by atoms with Gasteiger partial charge in [0.15, 0.2) is 13.1 Å². The van der Waals surface area contributed by atoms with Crippen LogP contribution in [0.2, 0.25) is 0 Å². The lowest BCUT2D eigenvalue weighted by Crippen LogP contribution is -2.71. The molecule has 1 saturated heterocycles. The number of nitrogens with two attached hydrogens (primary N) is 1. The van der Waals surface area contributed by atoms with Crippen LogP contribution in [-0.4, -0.2) is 74.1 Å². The molecular weight excluding hydrogens is 222 g/mol. The maximum absolute atomic E-state index is 11.3. The fraction of sp³-hybridized carbons (Fsp3) is 0.800. The lowest BCUT2D eigenvalue weighted by molar-refractivity contribution is -1.01. The third-order valence-electron chi connectivity index (χ3n) is 3.60. The third-order valence-corrected chi connectivity index (χ3v) is 3.60. The zero-order chi connectivity index (χ0) is 13.1. The first-order valence-corrected chi connectivity index (χ1v) is 5.80. The number of hydrazine groups is 1. The van der Waals surface area contributed by atoms with E-state index in [1.807, 2.05) is 7.05 Å². The van der Waals surface area contributed by atoms with E-state index in [-0.39, 0.29) is 11.8 Å². The normalized spacial score (nSPS) is 33.2. The molecule has 0 spiro atoms. The molecule has 0 aliphatic carbocycles. The minimum atomic E-state index is -0.142. The molecule has 0 saturated carbocycles. The molecule has 0 aromatic carbocycles. The molecule has 1 heterocycles. The maximum atomic E-state index is 11.3. The molecule has 1 fully saturated rings. The van der Waals surface area contributed by atoms with Crippen LogP contribution in [0.15, 0.2) is 0 Å². The van der Waals surface area contributed by atoms with Crippen LogP contribution in [-0.2, 0) is 9.59 Å². The monoisotopic (exact) mass is 246 g/mol. The molecule has 0 atom stereocenters. The number of quaternary nitrogens is 3. The summed E-state index contributed by atoms with van der Waals surface area (Å²) < 4.78 is 1.41. The average Bonchev–Trinajstić information content (AvgIpc) is 2.22. The van der Waals surface area contributed by atoms with E-state index in [0.717, 1.165) is 30.7 Å². The highest BCUT2D eigenvalue weighted by Gasteiger charge is 2.39. The number of likely N-dealkylation sites (N-methyl/N-ethyl adjacent to an activating group) is 2. The van der Waals surface area contributed by atoms with E-state index in [0.29, 0.717) is 17.6 Å². The molecule has 6 N–H and O–H groups in total. The number of piperazine rings is 1. The molecule has 2 amide bonds. The fourth-order valence-corrected chi connectivity index (χ4v) is 2.32. The van der Waals surface area contributed by atoms with Gasteiger partial charge in [0.05, 0.1) is 14.1 Å². The minimum Gasteiger partial charge on any atom is -0.309 e. The molecule has 0 unspecified atom stereocenters. The smallest absolute Gasteiger partial charge is 0.309 e. The number of nitrogens with one attached hydrogen (secondary N) is 1. The highest BCUT2D eigenvalue weighted by molar-refractivity contribution is 5.76. The summed E-state index contributed by atoms with van der Waals surface area (Å²) in [6.45, 7) is 4.39. The predicted molar refractivity (Wildman–Crippen MR) is 61.8 cm³/mol. The summed E-state index contributed by atoms with van der Waals surface area (Å²) in [6.07, 6.45) is 0. The van der Waals surface area contributed by atoms with Crippen molar-refractivity contribution >= 4 is 11.8 Å². The van der Waals surface area contributed by atoms with E-state index in [2.05, 4.69) is 18.2 Å². The molecule has 98 valence electrons. The van der Waals surface area contributed by atoms with Gasteiger partial charge in [-0.15, -0.1) is 0 Å². The van der Waals surface area contributed by atoms with Crippen molar-refractivity contribution in [1.82, 2.24) is 5.43 Å². The summed E-state index contributed by atoms with van der Waals surface area (Å²) >= 11 is 0. The van der Waals surface area contributed by atoms with E-state index in [1.165, 1.54) is 0 Å². The van der Waals surface area contributed by atoms with Crippen LogP contribution in [0.1, 0.15) is 0 Å². The molecule has 0 aromatic rings. The Balaban J connectivity index is 2.54. The number of carbonyl (C=O) groups is 2. The molecule has 0 aromatic heterocycles. The summed E-state index contributed by atoms with van der Waals surface area (Å²) in [4.78, 5) is 22.4. The van der Waals surface area contributed by atoms with Crippen LogP contribution in [0.4, 0.5) is 0 Å². The Morgan fingerprint density at radius 3 is 1.88 bits per heavy atom. The Bertz CT molecular complexity index is 310. The van der Waals surface area contributed by atoms with Gasteiger partial charge in [-0.25, -0.2) is 10.6 Å². The Hall–Kier alpha value is -1.02. The van der Waals surface area contributed by atoms with Crippen molar-refractivity contribution in [3.05, 3.63) is 0 Å². The van der Waals surface area contributed by atoms with Gasteiger partial charge < -0.3 is 8.97 Å². The van der Waals surface area contributed by atoms with E-state index < -0.39 is 0 Å². The second-order valence-electron chi connectivity index (χ2n) is 5.56. The van der Waals surface area contributed by atoms with Crippen LogP contribution < -0.4 is 17.0 Å². The zero-order valence-electron chi connectivity index (χ0n) is 10.7. The molecule has 1 aliphatic rings. The lowest BCUT2D eigenvalue weighted by atomic mass is 10.2. The van der Waals surface area contributed by atoms with Crippen molar-refractivity contribution in [2.45, 2.75) is 0 Å². The Labute approximate surface area is 101 Å². The Kier molecular flexibility index (Phi) is 4.21. The molecule has 7 nitrogen and oxygen atoms in total. The molecule has 1 aliphatic heterocycles. The maximum Gasteiger partial charge on any atom is 0.363 e. The molecule has 0 radical (unpaired) electrons. The van der Waals surface area contributed by atoms with Gasteiger partial charge in [0.1, 0.15) is 26.2 Å². The number of amides is 2. The van der Waals surface area contributed by atoms with Gasteiger partial charge in [0.25, 0.3) is 5.91 Å². The number of nitrogens with zero attached hydrogens (tertiary/aromatic N) is 2. The number of rotatable bonds is 4. The number of hydrogen-bond acceptors (Lipinski definition) is 3. The van der Waals surface area contributed by atoms with Crippen LogP contribution in [0.3, 0.4) is 0 Å². The fourth-order valence-electron chi connectivity index (χ4n) is 2.32. The van der Waals surface area contributed by atoms with Gasteiger partial charge in [-0.2, -0.15) is 0 Å². The predicted octanol–water partition coefficient (Wildman–Crippen LogP) is -3.35. The summed E-state index contributed by atoms with van der Waals surface area (Å²) in [6, 6.07) is 0. The van der Waals surface area contributed by atoms with Gasteiger partial charge in [-0.05, 0) is 0 Å². The Morgan fingerprint density at radius 1 is 1.12 bits per heavy atom. The Morgan fingerprint density at radius 2 is 1.53 bits per heavy atom. The molecule has 17 heavy (non-hydrogen) atoms. The van der Waals surface area contributed by atoms with E-state index in [9.17, 15) is 9.59 Å².